The molecule has 16 heteroatoms. The van der Waals surface area contributed by atoms with Crippen LogP contribution in [0, 0.1) is 11.7 Å². The van der Waals surface area contributed by atoms with Crippen LogP contribution in [0.5, 0.6) is 0 Å². The number of allylic oxidation sites excluding steroid dienone is 1. The van der Waals surface area contributed by atoms with Gasteiger partial charge in [-0.25, -0.2) is 22.4 Å². The largest absolute Gasteiger partial charge is 0.444 e. The molecule has 1 saturated heterocycles. The van der Waals surface area contributed by atoms with E-state index in [4.69, 9.17) is 9.47 Å². The van der Waals surface area contributed by atoms with Crippen LogP contribution in [0.3, 0.4) is 0 Å². The van der Waals surface area contributed by atoms with Crippen LogP contribution in [0.25, 0.3) is 0 Å². The first-order valence-corrected chi connectivity index (χ1v) is 19.5. The topological polar surface area (TPSA) is 181 Å². The maximum Gasteiger partial charge on any atom is 0.410 e. The van der Waals surface area contributed by atoms with Gasteiger partial charge in [0.15, 0.2) is 0 Å². The predicted octanol–water partition coefficient (Wildman–Crippen LogP) is 3.53. The highest BCUT2D eigenvalue weighted by Gasteiger charge is 2.62. The van der Waals surface area contributed by atoms with E-state index < -0.39 is 85.7 Å². The van der Waals surface area contributed by atoms with Crippen molar-refractivity contribution in [3.8, 4) is 0 Å². The first-order chi connectivity index (χ1) is 24.4. The molecule has 3 N–H and O–H groups in total. The van der Waals surface area contributed by atoms with Crippen molar-refractivity contribution >= 4 is 39.9 Å². The number of nitrogens with zero attached hydrogens (tertiary/aromatic N) is 2. The van der Waals surface area contributed by atoms with Gasteiger partial charge in [-0.1, -0.05) is 37.1 Å². The molecule has 3 heterocycles. The van der Waals surface area contributed by atoms with Crippen LogP contribution in [0.1, 0.15) is 96.6 Å². The lowest BCUT2D eigenvalue weighted by Crippen LogP contribution is -2.58. The summed E-state index contributed by atoms with van der Waals surface area (Å²) >= 11 is 0. The molecule has 0 spiro atoms. The SMILES string of the molecule is CC(C)(C)OC(=O)N[C@H]1CCCCC/C=C\[C@@H]2C[C@@]2(C(=O)NS(=O)(=O)C2CC2)NC(=O)[C@@H]2C[C@@](C)(OC(=O)N3Cc4cccc(F)c4C3)CN2C1=O. The molecule has 284 valence electrons. The van der Waals surface area contributed by atoms with Gasteiger partial charge in [0.2, 0.25) is 21.8 Å². The zero-order valence-electron chi connectivity index (χ0n) is 30.0. The zero-order chi connectivity index (χ0) is 37.6. The van der Waals surface area contributed by atoms with E-state index >= 15 is 0 Å². The molecule has 1 aromatic rings. The highest BCUT2D eigenvalue weighted by Crippen LogP contribution is 2.46. The van der Waals surface area contributed by atoms with Gasteiger partial charge in [0.25, 0.3) is 5.91 Å². The minimum atomic E-state index is -3.93. The number of amides is 5. The molecule has 0 aromatic heterocycles. The molecular formula is C36H48FN5O9S. The summed E-state index contributed by atoms with van der Waals surface area (Å²) in [6, 6.07) is 2.25. The fourth-order valence-electron chi connectivity index (χ4n) is 7.30. The number of fused-ring (bicyclic) bond motifs is 3. The Morgan fingerprint density at radius 2 is 1.79 bits per heavy atom. The Kier molecular flexibility index (Phi) is 10.1. The maximum atomic E-state index is 14.5. The van der Waals surface area contributed by atoms with Crippen LogP contribution in [0.15, 0.2) is 30.4 Å². The van der Waals surface area contributed by atoms with Gasteiger partial charge in [0, 0.05) is 24.4 Å². The van der Waals surface area contributed by atoms with E-state index in [0.29, 0.717) is 36.8 Å². The van der Waals surface area contributed by atoms with Crippen LogP contribution >= 0.6 is 0 Å². The first-order valence-electron chi connectivity index (χ1n) is 18.0. The van der Waals surface area contributed by atoms with E-state index in [1.807, 2.05) is 12.2 Å². The maximum absolute atomic E-state index is 14.5. The quantitative estimate of drug-likeness (QED) is 0.380. The molecule has 0 unspecified atom stereocenters. The van der Waals surface area contributed by atoms with Crippen LogP contribution in [-0.2, 0) is 47.0 Å². The fraction of sp³-hybridized carbons (Fsp3) is 0.639. The normalized spacial score (nSPS) is 30.1. The van der Waals surface area contributed by atoms with Crippen LogP contribution in [-0.4, -0.2) is 88.7 Å². The van der Waals surface area contributed by atoms with Crippen molar-refractivity contribution in [3.05, 3.63) is 47.3 Å². The van der Waals surface area contributed by atoms with Crippen LogP contribution in [0.4, 0.5) is 14.0 Å². The van der Waals surface area contributed by atoms with Crippen molar-refractivity contribution in [1.82, 2.24) is 25.2 Å². The molecule has 14 nitrogen and oxygen atoms in total. The summed E-state index contributed by atoms with van der Waals surface area (Å²) in [6.07, 6.45) is 5.97. The monoisotopic (exact) mass is 745 g/mol. The van der Waals surface area contributed by atoms with E-state index in [0.717, 1.165) is 12.8 Å². The molecule has 6 rings (SSSR count). The summed E-state index contributed by atoms with van der Waals surface area (Å²) < 4.78 is 53.6. The Labute approximate surface area is 303 Å². The molecule has 3 fully saturated rings. The van der Waals surface area contributed by atoms with E-state index in [2.05, 4.69) is 15.4 Å². The number of hydrogen-bond donors (Lipinski definition) is 3. The number of benzene rings is 1. The Morgan fingerprint density at radius 3 is 2.48 bits per heavy atom. The van der Waals surface area contributed by atoms with Gasteiger partial charge < -0.3 is 25.0 Å². The van der Waals surface area contributed by atoms with Crippen molar-refractivity contribution in [1.29, 1.82) is 0 Å². The number of sulfonamides is 1. The lowest BCUT2D eigenvalue weighted by molar-refractivity contribution is -0.141. The molecule has 5 aliphatic rings. The molecule has 5 atom stereocenters. The van der Waals surface area contributed by atoms with Crippen LogP contribution in [0.2, 0.25) is 0 Å². The van der Waals surface area contributed by atoms with E-state index in [1.165, 1.54) is 15.9 Å². The smallest absolute Gasteiger partial charge is 0.410 e. The summed E-state index contributed by atoms with van der Waals surface area (Å²) in [5, 5.41) is 4.81. The fourth-order valence-corrected chi connectivity index (χ4v) is 8.67. The predicted molar refractivity (Wildman–Crippen MR) is 185 cm³/mol. The second kappa shape index (κ2) is 14.0. The van der Waals surface area contributed by atoms with Gasteiger partial charge in [0.1, 0.15) is 34.6 Å². The lowest BCUT2D eigenvalue weighted by atomic mass is 10.0. The second-order valence-electron chi connectivity index (χ2n) is 15.9. The number of carbonyl (C=O) groups is 5. The zero-order valence-corrected chi connectivity index (χ0v) is 30.9. The molecule has 0 radical (unpaired) electrons. The van der Waals surface area contributed by atoms with Gasteiger partial charge in [-0.05, 0) is 77.8 Å². The summed E-state index contributed by atoms with van der Waals surface area (Å²) in [7, 11) is -3.93. The second-order valence-corrected chi connectivity index (χ2v) is 17.9. The molecule has 0 bridgehead atoms. The lowest BCUT2D eigenvalue weighted by Gasteiger charge is -2.31. The minimum Gasteiger partial charge on any atom is -0.444 e. The van der Waals surface area contributed by atoms with Crippen LogP contribution < -0.4 is 15.4 Å². The van der Waals surface area contributed by atoms with Crippen molar-refractivity contribution in [2.45, 2.75) is 133 Å². The standard InChI is InChI=1S/C36H48FN5O9S/c1-34(2,3)50-32(46)38-27-14-9-7-5-6-8-12-23-17-36(23,31(45)40-52(48,49)24-15-16-24)39-29(43)28-18-35(4,21-42(28)30(27)44)51-33(47)41-19-22-11-10-13-26(37)25(22)20-41/h8,10-13,23-24,27-28H,5-7,9,14-21H2,1-4H3,(H,38,46)(H,39,43)(H,40,45)/b12-8-/t23-,27+,28+,35-,36-/m1/s1. The van der Waals surface area contributed by atoms with Gasteiger partial charge in [0.05, 0.1) is 18.3 Å². The number of hydrogen-bond acceptors (Lipinski definition) is 9. The molecule has 2 aliphatic carbocycles. The number of nitrogens with one attached hydrogen (secondary N) is 3. The molecule has 3 aliphatic heterocycles. The van der Waals surface area contributed by atoms with Crippen molar-refractivity contribution in [3.63, 3.8) is 0 Å². The summed E-state index contributed by atoms with van der Waals surface area (Å²) in [5.74, 6) is -3.10. The van der Waals surface area contributed by atoms with Gasteiger partial charge in [-0.3, -0.25) is 24.0 Å². The summed E-state index contributed by atoms with van der Waals surface area (Å²) in [4.78, 5) is 71.4. The summed E-state index contributed by atoms with van der Waals surface area (Å²) in [5.41, 5.74) is -2.79. The highest BCUT2D eigenvalue weighted by molar-refractivity contribution is 7.91. The first kappa shape index (κ1) is 37.5. The van der Waals surface area contributed by atoms with Crippen molar-refractivity contribution in [2.75, 3.05) is 6.54 Å². The molecule has 52 heavy (non-hydrogen) atoms. The van der Waals surface area contributed by atoms with Gasteiger partial charge in [-0.15, -0.1) is 0 Å². The van der Waals surface area contributed by atoms with E-state index in [-0.39, 0.29) is 38.9 Å². The summed E-state index contributed by atoms with van der Waals surface area (Å²) in [6.45, 7) is 6.55. The number of alkyl carbamates (subject to hydrolysis) is 1. The number of halogens is 1. The molecule has 1 aromatic carbocycles. The van der Waals surface area contributed by atoms with E-state index in [1.54, 1.807) is 39.8 Å². The van der Waals surface area contributed by atoms with Crippen molar-refractivity contribution < 1.29 is 46.3 Å². The third kappa shape index (κ3) is 8.21. The minimum absolute atomic E-state index is 0.0122. The third-order valence-corrected chi connectivity index (χ3v) is 12.1. The Hall–Kier alpha value is -4.21. The number of rotatable bonds is 5. The average molecular weight is 746 g/mol. The average Bonchev–Trinajstić information content (AvgIpc) is 3.94. The van der Waals surface area contributed by atoms with Crippen molar-refractivity contribution in [2.24, 2.45) is 5.92 Å². The van der Waals surface area contributed by atoms with E-state index in [9.17, 15) is 36.8 Å². The molecule has 2 saturated carbocycles. The number of carbonyl (C=O) groups excluding carboxylic acids is 5. The Bertz CT molecular complexity index is 1780. The highest BCUT2D eigenvalue weighted by atomic mass is 32.2. The number of ether oxygens (including phenoxy) is 2. The Balaban J connectivity index is 1.28. The van der Waals surface area contributed by atoms with Gasteiger partial charge in [-0.2, -0.15) is 0 Å². The molecular weight excluding hydrogens is 697 g/mol. The van der Waals surface area contributed by atoms with Gasteiger partial charge >= 0.3 is 12.2 Å². The molecule has 5 amide bonds. The Morgan fingerprint density at radius 1 is 1.04 bits per heavy atom. The third-order valence-electron chi connectivity index (χ3n) is 10.3.